The Morgan fingerprint density at radius 1 is 1.22 bits per heavy atom. The Morgan fingerprint density at radius 3 is 2.33 bits per heavy atom. The molecule has 0 bridgehead atoms. The molecule has 2 heteroatoms. The number of hydrogen-bond acceptors (Lipinski definition) is 2. The SMILES string of the molecule is C=CCN(CC)Cc1ccc(CNC(C)C)cc1. The lowest BCUT2D eigenvalue weighted by atomic mass is 10.1. The predicted octanol–water partition coefficient (Wildman–Crippen LogP) is 3.19. The third-order valence-corrected chi connectivity index (χ3v) is 2.98. The fraction of sp³-hybridized carbons (Fsp3) is 0.500. The van der Waals surface area contributed by atoms with Gasteiger partial charge in [-0.3, -0.25) is 4.90 Å². The van der Waals surface area contributed by atoms with Crippen molar-refractivity contribution in [1.29, 1.82) is 0 Å². The van der Waals surface area contributed by atoms with Gasteiger partial charge in [0.25, 0.3) is 0 Å². The summed E-state index contributed by atoms with van der Waals surface area (Å²) >= 11 is 0. The van der Waals surface area contributed by atoms with Gasteiger partial charge in [-0.25, -0.2) is 0 Å². The third kappa shape index (κ3) is 5.48. The number of nitrogens with one attached hydrogen (secondary N) is 1. The molecule has 1 aromatic rings. The molecule has 0 atom stereocenters. The highest BCUT2D eigenvalue weighted by Crippen LogP contribution is 2.08. The molecule has 2 nitrogen and oxygen atoms in total. The zero-order valence-corrected chi connectivity index (χ0v) is 11.9. The quantitative estimate of drug-likeness (QED) is 0.709. The van der Waals surface area contributed by atoms with Gasteiger partial charge in [-0.15, -0.1) is 6.58 Å². The molecule has 0 saturated carbocycles. The van der Waals surface area contributed by atoms with Gasteiger partial charge in [0.1, 0.15) is 0 Å². The molecule has 0 aliphatic rings. The van der Waals surface area contributed by atoms with Crippen LogP contribution in [0.15, 0.2) is 36.9 Å². The number of benzene rings is 1. The van der Waals surface area contributed by atoms with E-state index >= 15 is 0 Å². The van der Waals surface area contributed by atoms with E-state index in [9.17, 15) is 0 Å². The van der Waals surface area contributed by atoms with Crippen LogP contribution in [-0.4, -0.2) is 24.0 Å². The zero-order valence-electron chi connectivity index (χ0n) is 11.9. The van der Waals surface area contributed by atoms with Gasteiger partial charge in [-0.05, 0) is 17.7 Å². The molecule has 18 heavy (non-hydrogen) atoms. The van der Waals surface area contributed by atoms with Crippen molar-refractivity contribution in [3.05, 3.63) is 48.0 Å². The molecule has 100 valence electrons. The van der Waals surface area contributed by atoms with Gasteiger partial charge in [0.05, 0.1) is 0 Å². The normalized spacial score (nSPS) is 11.2. The highest BCUT2D eigenvalue weighted by atomic mass is 15.1. The number of likely N-dealkylation sites (N-methyl/N-ethyl adjacent to an activating group) is 1. The molecule has 1 rings (SSSR count). The Bertz CT molecular complexity index is 341. The lowest BCUT2D eigenvalue weighted by Gasteiger charge is -2.18. The molecular formula is C16H26N2. The van der Waals surface area contributed by atoms with Gasteiger partial charge >= 0.3 is 0 Å². The molecule has 0 spiro atoms. The molecule has 0 unspecified atom stereocenters. The Morgan fingerprint density at radius 2 is 1.83 bits per heavy atom. The summed E-state index contributed by atoms with van der Waals surface area (Å²) in [7, 11) is 0. The van der Waals surface area contributed by atoms with Gasteiger partial charge in [-0.1, -0.05) is 51.1 Å². The summed E-state index contributed by atoms with van der Waals surface area (Å²) in [5.74, 6) is 0. The second kappa shape index (κ2) is 8.06. The highest BCUT2D eigenvalue weighted by molar-refractivity contribution is 5.22. The summed E-state index contributed by atoms with van der Waals surface area (Å²) in [6.45, 7) is 14.3. The Kier molecular flexibility index (Phi) is 6.69. The molecule has 0 aromatic heterocycles. The van der Waals surface area contributed by atoms with Crippen LogP contribution in [0.25, 0.3) is 0 Å². The van der Waals surface area contributed by atoms with Crippen LogP contribution >= 0.6 is 0 Å². The molecule has 0 radical (unpaired) electrons. The maximum Gasteiger partial charge on any atom is 0.0236 e. The van der Waals surface area contributed by atoms with Gasteiger partial charge in [0, 0.05) is 25.7 Å². The van der Waals surface area contributed by atoms with Crippen molar-refractivity contribution in [2.45, 2.75) is 39.9 Å². The van der Waals surface area contributed by atoms with Crippen LogP contribution in [-0.2, 0) is 13.1 Å². The molecule has 0 fully saturated rings. The monoisotopic (exact) mass is 246 g/mol. The van der Waals surface area contributed by atoms with E-state index in [2.05, 4.69) is 61.8 Å². The zero-order chi connectivity index (χ0) is 13.4. The third-order valence-electron chi connectivity index (χ3n) is 2.98. The van der Waals surface area contributed by atoms with Crippen LogP contribution < -0.4 is 5.32 Å². The molecule has 0 heterocycles. The molecule has 1 aromatic carbocycles. The van der Waals surface area contributed by atoms with E-state index in [1.165, 1.54) is 11.1 Å². The van der Waals surface area contributed by atoms with Crippen LogP contribution in [0.4, 0.5) is 0 Å². The minimum atomic E-state index is 0.535. The number of rotatable bonds is 8. The first kappa shape index (κ1) is 14.9. The first-order chi connectivity index (χ1) is 8.65. The summed E-state index contributed by atoms with van der Waals surface area (Å²) in [5, 5.41) is 3.43. The van der Waals surface area contributed by atoms with Crippen molar-refractivity contribution in [2.75, 3.05) is 13.1 Å². The van der Waals surface area contributed by atoms with Crippen LogP contribution in [0, 0.1) is 0 Å². The fourth-order valence-corrected chi connectivity index (χ4v) is 1.83. The van der Waals surface area contributed by atoms with E-state index in [1.54, 1.807) is 0 Å². The maximum absolute atomic E-state index is 3.80. The second-order valence-electron chi connectivity index (χ2n) is 4.97. The van der Waals surface area contributed by atoms with Crippen LogP contribution in [0.3, 0.4) is 0 Å². The number of hydrogen-bond donors (Lipinski definition) is 1. The Balaban J connectivity index is 2.51. The van der Waals surface area contributed by atoms with Gasteiger partial charge in [-0.2, -0.15) is 0 Å². The lowest BCUT2D eigenvalue weighted by Crippen LogP contribution is -2.23. The molecule has 0 amide bonds. The van der Waals surface area contributed by atoms with Crippen molar-refractivity contribution < 1.29 is 0 Å². The van der Waals surface area contributed by atoms with E-state index in [0.29, 0.717) is 6.04 Å². The average Bonchev–Trinajstić information content (AvgIpc) is 2.37. The van der Waals surface area contributed by atoms with Crippen molar-refractivity contribution in [3.63, 3.8) is 0 Å². The van der Waals surface area contributed by atoms with Gasteiger partial charge in [0.2, 0.25) is 0 Å². The van der Waals surface area contributed by atoms with Crippen molar-refractivity contribution >= 4 is 0 Å². The predicted molar refractivity (Wildman–Crippen MR) is 79.6 cm³/mol. The minimum absolute atomic E-state index is 0.535. The Hall–Kier alpha value is -1.12. The first-order valence-corrected chi connectivity index (χ1v) is 6.80. The molecule has 1 N–H and O–H groups in total. The largest absolute Gasteiger partial charge is 0.310 e. The molecule has 0 aliphatic heterocycles. The standard InChI is InChI=1S/C16H26N2/c1-5-11-18(6-2)13-16-9-7-15(8-10-16)12-17-14(3)4/h5,7-10,14,17H,1,6,11-13H2,2-4H3. The van der Waals surface area contributed by atoms with Crippen LogP contribution in [0.5, 0.6) is 0 Å². The van der Waals surface area contributed by atoms with Crippen molar-refractivity contribution in [1.82, 2.24) is 10.2 Å². The van der Waals surface area contributed by atoms with Crippen LogP contribution in [0.1, 0.15) is 31.9 Å². The maximum atomic E-state index is 3.80. The van der Waals surface area contributed by atoms with E-state index in [1.807, 2.05) is 6.08 Å². The van der Waals surface area contributed by atoms with E-state index in [-0.39, 0.29) is 0 Å². The van der Waals surface area contributed by atoms with Crippen LogP contribution in [0.2, 0.25) is 0 Å². The van der Waals surface area contributed by atoms with E-state index in [4.69, 9.17) is 0 Å². The summed E-state index contributed by atoms with van der Waals surface area (Å²) < 4.78 is 0. The smallest absolute Gasteiger partial charge is 0.0236 e. The lowest BCUT2D eigenvalue weighted by molar-refractivity contribution is 0.311. The first-order valence-electron chi connectivity index (χ1n) is 6.80. The van der Waals surface area contributed by atoms with E-state index in [0.717, 1.165) is 26.2 Å². The fourth-order valence-electron chi connectivity index (χ4n) is 1.83. The summed E-state index contributed by atoms with van der Waals surface area (Å²) in [4.78, 5) is 2.37. The summed E-state index contributed by atoms with van der Waals surface area (Å²) in [5.41, 5.74) is 2.71. The molecule has 0 saturated heterocycles. The molecule has 0 aliphatic carbocycles. The van der Waals surface area contributed by atoms with E-state index < -0.39 is 0 Å². The van der Waals surface area contributed by atoms with Gasteiger partial charge < -0.3 is 5.32 Å². The van der Waals surface area contributed by atoms with Gasteiger partial charge in [0.15, 0.2) is 0 Å². The summed E-state index contributed by atoms with van der Waals surface area (Å²) in [6.07, 6.45) is 1.96. The van der Waals surface area contributed by atoms with Crippen molar-refractivity contribution in [3.8, 4) is 0 Å². The minimum Gasteiger partial charge on any atom is -0.310 e. The Labute approximate surface area is 112 Å². The topological polar surface area (TPSA) is 15.3 Å². The average molecular weight is 246 g/mol. The highest BCUT2D eigenvalue weighted by Gasteiger charge is 2.02. The van der Waals surface area contributed by atoms with Crippen molar-refractivity contribution in [2.24, 2.45) is 0 Å². The number of nitrogens with zero attached hydrogens (tertiary/aromatic N) is 1. The second-order valence-corrected chi connectivity index (χ2v) is 4.97. The summed E-state index contributed by atoms with van der Waals surface area (Å²) in [6, 6.07) is 9.42. The molecular weight excluding hydrogens is 220 g/mol.